The summed E-state index contributed by atoms with van der Waals surface area (Å²) in [5.74, 6) is 0.556. The molecule has 30 heavy (non-hydrogen) atoms. The molecule has 0 radical (unpaired) electrons. The number of ether oxygens (including phenoxy) is 1. The van der Waals surface area contributed by atoms with Crippen molar-refractivity contribution in [1.29, 1.82) is 0 Å². The summed E-state index contributed by atoms with van der Waals surface area (Å²) < 4.78 is 12.1. The molecule has 2 heterocycles. The molecule has 4 rings (SSSR count). The van der Waals surface area contributed by atoms with Gasteiger partial charge >= 0.3 is 0 Å². The van der Waals surface area contributed by atoms with Crippen molar-refractivity contribution in [3.8, 4) is 5.75 Å². The van der Waals surface area contributed by atoms with E-state index in [-0.39, 0.29) is 17.1 Å². The van der Waals surface area contributed by atoms with E-state index in [1.165, 1.54) is 0 Å². The molecule has 0 spiro atoms. The molecule has 0 fully saturated rings. The van der Waals surface area contributed by atoms with Crippen LogP contribution in [0.25, 0.3) is 11.0 Å². The van der Waals surface area contributed by atoms with Crippen LogP contribution in [0, 0.1) is 0 Å². The maximum absolute atomic E-state index is 13.5. The van der Waals surface area contributed by atoms with E-state index in [9.17, 15) is 9.59 Å². The smallest absolute Gasteiger partial charge is 0.290 e. The summed E-state index contributed by atoms with van der Waals surface area (Å²) in [7, 11) is 5.59. The minimum Gasteiger partial charge on any atom is -0.497 e. The van der Waals surface area contributed by atoms with Crippen molar-refractivity contribution >= 4 is 32.8 Å². The highest BCUT2D eigenvalue weighted by Gasteiger charge is 2.42. The fourth-order valence-corrected chi connectivity index (χ4v) is 4.30. The van der Waals surface area contributed by atoms with Gasteiger partial charge in [0, 0.05) is 11.0 Å². The summed E-state index contributed by atoms with van der Waals surface area (Å²) in [5, 5.41) is 0.457. The fourth-order valence-electron chi connectivity index (χ4n) is 3.94. The van der Waals surface area contributed by atoms with Gasteiger partial charge in [0.1, 0.15) is 11.3 Å². The van der Waals surface area contributed by atoms with Crippen molar-refractivity contribution in [2.45, 2.75) is 12.5 Å². The summed E-state index contributed by atoms with van der Waals surface area (Å²) in [6.45, 7) is 1.35. The van der Waals surface area contributed by atoms with Crippen LogP contribution in [0.15, 0.2) is 56.1 Å². The van der Waals surface area contributed by atoms with Gasteiger partial charge in [-0.2, -0.15) is 0 Å². The maximum Gasteiger partial charge on any atom is 0.290 e. The number of rotatable bonds is 6. The summed E-state index contributed by atoms with van der Waals surface area (Å²) >= 11 is 3.42. The summed E-state index contributed by atoms with van der Waals surface area (Å²) in [6, 6.07) is 12.2. The molecule has 0 aliphatic carbocycles. The summed E-state index contributed by atoms with van der Waals surface area (Å²) in [5.41, 5.74) is 1.45. The molecule has 1 unspecified atom stereocenters. The van der Waals surface area contributed by atoms with Crippen molar-refractivity contribution < 1.29 is 13.9 Å². The molecule has 1 atom stereocenters. The van der Waals surface area contributed by atoms with Crippen molar-refractivity contribution in [3.05, 3.63) is 74.0 Å². The Morgan fingerprint density at radius 2 is 1.97 bits per heavy atom. The van der Waals surface area contributed by atoms with Gasteiger partial charge in [0.15, 0.2) is 5.43 Å². The second kappa shape index (κ2) is 8.24. The number of nitrogens with zero attached hydrogens (tertiary/aromatic N) is 2. The predicted octanol–water partition coefficient (Wildman–Crippen LogP) is 4.06. The van der Waals surface area contributed by atoms with E-state index < -0.39 is 6.04 Å². The van der Waals surface area contributed by atoms with Gasteiger partial charge in [-0.15, -0.1) is 0 Å². The number of benzene rings is 2. The zero-order valence-corrected chi connectivity index (χ0v) is 18.7. The van der Waals surface area contributed by atoms with Crippen LogP contribution >= 0.6 is 15.9 Å². The van der Waals surface area contributed by atoms with Crippen LogP contribution in [0.4, 0.5) is 0 Å². The Labute approximate surface area is 183 Å². The SMILES string of the molecule is COc1cccc(C2c3c(oc4ccc(Br)cc4c3=O)C(=O)N2CCCN(C)C)c1. The van der Waals surface area contributed by atoms with E-state index in [2.05, 4.69) is 20.8 Å². The lowest BCUT2D eigenvalue weighted by atomic mass is 9.98. The molecular formula is C23H23BrN2O4. The van der Waals surface area contributed by atoms with Gasteiger partial charge in [-0.1, -0.05) is 28.1 Å². The Balaban J connectivity index is 1.89. The quantitative estimate of drug-likeness (QED) is 0.543. The van der Waals surface area contributed by atoms with E-state index in [1.807, 2.05) is 38.4 Å². The van der Waals surface area contributed by atoms with Crippen molar-refractivity contribution in [3.63, 3.8) is 0 Å². The molecule has 156 valence electrons. The van der Waals surface area contributed by atoms with E-state index in [4.69, 9.17) is 9.15 Å². The zero-order valence-electron chi connectivity index (χ0n) is 17.1. The zero-order chi connectivity index (χ0) is 21.4. The lowest BCUT2D eigenvalue weighted by Crippen LogP contribution is -2.32. The number of fused-ring (bicyclic) bond motifs is 2. The third-order valence-electron chi connectivity index (χ3n) is 5.34. The van der Waals surface area contributed by atoms with Crippen molar-refractivity contribution in [1.82, 2.24) is 9.80 Å². The minimum absolute atomic E-state index is 0.132. The standard InChI is InChI=1S/C23H23BrN2O4/c1-25(2)10-5-11-26-20(14-6-4-7-16(12-14)29-3)19-21(27)17-13-15(24)8-9-18(17)30-22(19)23(26)28/h4,6-9,12-13,20H,5,10-11H2,1-3H3. The molecule has 1 aliphatic rings. The van der Waals surface area contributed by atoms with Gasteiger partial charge in [0.05, 0.1) is 24.1 Å². The number of carbonyl (C=O) groups is 1. The van der Waals surface area contributed by atoms with Crippen molar-refractivity contribution in [2.75, 3.05) is 34.3 Å². The Hall–Kier alpha value is -2.64. The summed E-state index contributed by atoms with van der Waals surface area (Å²) in [4.78, 5) is 30.6. The molecule has 2 aromatic carbocycles. The van der Waals surface area contributed by atoms with Crippen LogP contribution in [-0.2, 0) is 0 Å². The monoisotopic (exact) mass is 470 g/mol. The first-order valence-corrected chi connectivity index (χ1v) is 10.6. The average molecular weight is 471 g/mol. The molecular weight excluding hydrogens is 448 g/mol. The molecule has 1 aromatic heterocycles. The van der Waals surface area contributed by atoms with Crippen LogP contribution in [0.3, 0.4) is 0 Å². The number of hydrogen-bond acceptors (Lipinski definition) is 5. The largest absolute Gasteiger partial charge is 0.497 e. The van der Waals surface area contributed by atoms with E-state index in [0.29, 0.717) is 28.8 Å². The Morgan fingerprint density at radius 1 is 1.17 bits per heavy atom. The number of hydrogen-bond donors (Lipinski definition) is 0. The first-order chi connectivity index (χ1) is 14.4. The third-order valence-corrected chi connectivity index (χ3v) is 5.83. The average Bonchev–Trinajstić information content (AvgIpc) is 3.01. The van der Waals surface area contributed by atoms with E-state index in [0.717, 1.165) is 23.0 Å². The topological polar surface area (TPSA) is 63.0 Å². The minimum atomic E-state index is -0.510. The fraction of sp³-hybridized carbons (Fsp3) is 0.304. The Morgan fingerprint density at radius 3 is 2.70 bits per heavy atom. The van der Waals surface area contributed by atoms with Crippen LogP contribution in [0.1, 0.15) is 34.1 Å². The van der Waals surface area contributed by atoms with Gasteiger partial charge in [-0.05, 0) is 63.0 Å². The molecule has 0 bridgehead atoms. The molecule has 1 aliphatic heterocycles. The number of methoxy groups -OCH3 is 1. The van der Waals surface area contributed by atoms with Crippen LogP contribution in [0.2, 0.25) is 0 Å². The second-order valence-electron chi connectivity index (χ2n) is 7.65. The van der Waals surface area contributed by atoms with Gasteiger partial charge in [0.25, 0.3) is 5.91 Å². The van der Waals surface area contributed by atoms with Gasteiger partial charge in [-0.25, -0.2) is 0 Å². The molecule has 7 heteroatoms. The lowest BCUT2D eigenvalue weighted by Gasteiger charge is -2.26. The normalized spacial score (nSPS) is 15.8. The molecule has 3 aromatic rings. The summed E-state index contributed by atoms with van der Waals surface area (Å²) in [6.07, 6.45) is 0.784. The molecule has 0 N–H and O–H groups in total. The van der Waals surface area contributed by atoms with Gasteiger partial charge in [-0.3, -0.25) is 9.59 Å². The van der Waals surface area contributed by atoms with E-state index in [1.54, 1.807) is 30.2 Å². The second-order valence-corrected chi connectivity index (χ2v) is 8.56. The van der Waals surface area contributed by atoms with Crippen LogP contribution in [-0.4, -0.2) is 50.0 Å². The molecule has 0 saturated carbocycles. The van der Waals surface area contributed by atoms with Crippen molar-refractivity contribution in [2.24, 2.45) is 0 Å². The van der Waals surface area contributed by atoms with Crippen LogP contribution in [0.5, 0.6) is 5.75 Å². The third kappa shape index (κ3) is 3.63. The molecule has 6 nitrogen and oxygen atoms in total. The number of halogens is 1. The van der Waals surface area contributed by atoms with E-state index >= 15 is 0 Å². The number of amides is 1. The highest BCUT2D eigenvalue weighted by molar-refractivity contribution is 9.10. The maximum atomic E-state index is 13.5. The Kier molecular flexibility index (Phi) is 5.66. The lowest BCUT2D eigenvalue weighted by molar-refractivity contribution is 0.0722. The predicted molar refractivity (Wildman–Crippen MR) is 119 cm³/mol. The number of carbonyl (C=O) groups excluding carboxylic acids is 1. The first-order valence-electron chi connectivity index (χ1n) is 9.76. The Bertz CT molecular complexity index is 1170. The van der Waals surface area contributed by atoms with Gasteiger partial charge in [0.2, 0.25) is 5.76 Å². The first kappa shape index (κ1) is 20.6. The highest BCUT2D eigenvalue weighted by Crippen LogP contribution is 2.39. The molecule has 1 amide bonds. The molecule has 0 saturated heterocycles. The highest BCUT2D eigenvalue weighted by atomic mass is 79.9. The van der Waals surface area contributed by atoms with Gasteiger partial charge < -0.3 is 19.0 Å². The van der Waals surface area contributed by atoms with Crippen LogP contribution < -0.4 is 10.2 Å².